The maximum atomic E-state index is 12.4. The van der Waals surface area contributed by atoms with Crippen molar-refractivity contribution in [2.45, 2.75) is 13.5 Å². The third-order valence-corrected chi connectivity index (χ3v) is 3.89. The fraction of sp³-hybridized carbons (Fsp3) is 0.375. The van der Waals surface area contributed by atoms with E-state index in [0.717, 1.165) is 32.7 Å². The van der Waals surface area contributed by atoms with Crippen LogP contribution in [0.2, 0.25) is 0 Å². The van der Waals surface area contributed by atoms with Gasteiger partial charge in [-0.05, 0) is 19.1 Å². The molecule has 5 heteroatoms. The number of aryl methyl sites for hydroxylation is 1. The van der Waals surface area contributed by atoms with Crippen LogP contribution >= 0.6 is 0 Å². The van der Waals surface area contributed by atoms with Gasteiger partial charge < -0.3 is 9.80 Å². The molecule has 0 saturated carbocycles. The summed E-state index contributed by atoms with van der Waals surface area (Å²) in [6.45, 7) is 6.06. The average molecular weight is 284 g/mol. The van der Waals surface area contributed by atoms with E-state index in [1.54, 1.807) is 10.9 Å². The molecule has 0 atom stereocenters. The molecule has 1 aliphatic rings. The van der Waals surface area contributed by atoms with Crippen LogP contribution in [0.3, 0.4) is 0 Å². The van der Waals surface area contributed by atoms with E-state index in [9.17, 15) is 4.79 Å². The Labute approximate surface area is 124 Å². The van der Waals surface area contributed by atoms with Gasteiger partial charge >= 0.3 is 0 Å². The van der Waals surface area contributed by atoms with Crippen LogP contribution < -0.4 is 4.90 Å². The lowest BCUT2D eigenvalue weighted by atomic mass is 10.2. The summed E-state index contributed by atoms with van der Waals surface area (Å²) in [4.78, 5) is 16.7. The summed E-state index contributed by atoms with van der Waals surface area (Å²) in [5.74, 6) is 0.0856. The Morgan fingerprint density at radius 2 is 1.86 bits per heavy atom. The van der Waals surface area contributed by atoms with E-state index in [1.165, 1.54) is 5.69 Å². The molecule has 1 saturated heterocycles. The van der Waals surface area contributed by atoms with Crippen LogP contribution in [0.5, 0.6) is 0 Å². The van der Waals surface area contributed by atoms with Crippen molar-refractivity contribution in [2.75, 3.05) is 31.1 Å². The highest BCUT2D eigenvalue weighted by Crippen LogP contribution is 2.16. The van der Waals surface area contributed by atoms with Crippen LogP contribution in [-0.4, -0.2) is 46.8 Å². The highest BCUT2D eigenvalue weighted by molar-refractivity contribution is 5.93. The smallest absolute Gasteiger partial charge is 0.257 e. The van der Waals surface area contributed by atoms with Crippen molar-refractivity contribution in [1.29, 1.82) is 0 Å². The van der Waals surface area contributed by atoms with Crippen molar-refractivity contribution in [2.24, 2.45) is 0 Å². The summed E-state index contributed by atoms with van der Waals surface area (Å²) in [5, 5.41) is 4.17. The molecule has 2 heterocycles. The first-order valence-corrected chi connectivity index (χ1v) is 7.39. The molecule has 0 spiro atoms. The highest BCUT2D eigenvalue weighted by Gasteiger charge is 2.23. The zero-order valence-corrected chi connectivity index (χ0v) is 12.3. The first-order chi connectivity index (χ1) is 10.3. The minimum atomic E-state index is 0.0856. The Morgan fingerprint density at radius 1 is 1.14 bits per heavy atom. The summed E-state index contributed by atoms with van der Waals surface area (Å²) in [6.07, 6.45) is 3.49. The predicted molar refractivity (Wildman–Crippen MR) is 82.5 cm³/mol. The van der Waals surface area contributed by atoms with Gasteiger partial charge in [0.25, 0.3) is 5.91 Å². The van der Waals surface area contributed by atoms with Gasteiger partial charge in [-0.2, -0.15) is 5.10 Å². The first-order valence-electron chi connectivity index (χ1n) is 7.39. The Morgan fingerprint density at radius 3 is 2.48 bits per heavy atom. The highest BCUT2D eigenvalue weighted by atomic mass is 16.2. The maximum absolute atomic E-state index is 12.4. The predicted octanol–water partition coefficient (Wildman–Crippen LogP) is 1.87. The van der Waals surface area contributed by atoms with Crippen LogP contribution in [0.15, 0.2) is 42.7 Å². The lowest BCUT2D eigenvalue weighted by Gasteiger charge is -2.36. The number of para-hydroxylation sites is 1. The van der Waals surface area contributed by atoms with E-state index in [0.29, 0.717) is 5.56 Å². The van der Waals surface area contributed by atoms with Crippen LogP contribution in [0.25, 0.3) is 0 Å². The number of nitrogens with zero attached hydrogens (tertiary/aromatic N) is 4. The molecule has 1 fully saturated rings. The molecule has 3 rings (SSSR count). The summed E-state index contributed by atoms with van der Waals surface area (Å²) in [7, 11) is 0. The molecular formula is C16H20N4O. The van der Waals surface area contributed by atoms with Crippen molar-refractivity contribution < 1.29 is 4.79 Å². The maximum Gasteiger partial charge on any atom is 0.257 e. The fourth-order valence-electron chi connectivity index (χ4n) is 2.64. The SMILES string of the molecule is CCn1cc(C(=O)N2CCN(c3ccccc3)CC2)cn1. The summed E-state index contributed by atoms with van der Waals surface area (Å²) < 4.78 is 1.79. The fourth-order valence-corrected chi connectivity index (χ4v) is 2.64. The second-order valence-electron chi connectivity index (χ2n) is 5.20. The van der Waals surface area contributed by atoms with E-state index in [2.05, 4.69) is 22.1 Å². The minimum Gasteiger partial charge on any atom is -0.368 e. The number of anilines is 1. The molecule has 1 aromatic carbocycles. The molecule has 5 nitrogen and oxygen atoms in total. The van der Waals surface area contributed by atoms with E-state index < -0.39 is 0 Å². The van der Waals surface area contributed by atoms with E-state index >= 15 is 0 Å². The molecule has 1 aromatic heterocycles. The average Bonchev–Trinajstić information content (AvgIpc) is 3.04. The summed E-state index contributed by atoms with van der Waals surface area (Å²) in [5.41, 5.74) is 1.91. The van der Waals surface area contributed by atoms with E-state index in [4.69, 9.17) is 0 Å². The lowest BCUT2D eigenvalue weighted by molar-refractivity contribution is 0.0746. The summed E-state index contributed by atoms with van der Waals surface area (Å²) in [6, 6.07) is 10.3. The van der Waals surface area contributed by atoms with Gasteiger partial charge in [-0.25, -0.2) is 0 Å². The van der Waals surface area contributed by atoms with Crippen molar-refractivity contribution in [1.82, 2.24) is 14.7 Å². The Balaban J connectivity index is 1.61. The molecule has 1 aliphatic heterocycles. The number of carbonyl (C=O) groups excluding carboxylic acids is 1. The molecule has 0 unspecified atom stereocenters. The quantitative estimate of drug-likeness (QED) is 0.864. The van der Waals surface area contributed by atoms with Gasteiger partial charge in [0.15, 0.2) is 0 Å². The van der Waals surface area contributed by atoms with E-state index in [-0.39, 0.29) is 5.91 Å². The van der Waals surface area contributed by atoms with Gasteiger partial charge in [-0.15, -0.1) is 0 Å². The molecule has 2 aromatic rings. The zero-order chi connectivity index (χ0) is 14.7. The van der Waals surface area contributed by atoms with Crippen LogP contribution in [-0.2, 0) is 6.54 Å². The van der Waals surface area contributed by atoms with Gasteiger partial charge in [0, 0.05) is 44.6 Å². The monoisotopic (exact) mass is 284 g/mol. The summed E-state index contributed by atoms with van der Waals surface area (Å²) >= 11 is 0. The van der Waals surface area contributed by atoms with E-state index in [1.807, 2.05) is 36.2 Å². The Bertz CT molecular complexity index is 600. The van der Waals surface area contributed by atoms with Crippen LogP contribution in [0.1, 0.15) is 17.3 Å². The standard InChI is InChI=1S/C16H20N4O/c1-2-20-13-14(12-17-20)16(21)19-10-8-18(9-11-19)15-6-4-3-5-7-15/h3-7,12-13H,2,8-11H2,1H3. The number of hydrogen-bond acceptors (Lipinski definition) is 3. The van der Waals surface area contributed by atoms with Gasteiger partial charge in [0.2, 0.25) is 0 Å². The van der Waals surface area contributed by atoms with Gasteiger partial charge in [-0.3, -0.25) is 9.48 Å². The number of hydrogen-bond donors (Lipinski definition) is 0. The molecule has 21 heavy (non-hydrogen) atoms. The van der Waals surface area contributed by atoms with Crippen LogP contribution in [0, 0.1) is 0 Å². The van der Waals surface area contributed by atoms with Crippen molar-refractivity contribution in [3.63, 3.8) is 0 Å². The molecule has 1 amide bonds. The van der Waals surface area contributed by atoms with Gasteiger partial charge in [-0.1, -0.05) is 18.2 Å². The number of benzene rings is 1. The third kappa shape index (κ3) is 2.91. The molecule has 110 valence electrons. The zero-order valence-electron chi connectivity index (χ0n) is 12.3. The number of piperazine rings is 1. The number of amides is 1. The molecule has 0 radical (unpaired) electrons. The number of rotatable bonds is 3. The molecule has 0 aliphatic carbocycles. The molecule has 0 N–H and O–H groups in total. The lowest BCUT2D eigenvalue weighted by Crippen LogP contribution is -2.48. The number of carbonyl (C=O) groups is 1. The molecule has 0 bridgehead atoms. The largest absolute Gasteiger partial charge is 0.368 e. The topological polar surface area (TPSA) is 41.4 Å². The van der Waals surface area contributed by atoms with Gasteiger partial charge in [0.05, 0.1) is 11.8 Å². The Hall–Kier alpha value is -2.30. The second-order valence-corrected chi connectivity index (χ2v) is 5.20. The third-order valence-electron chi connectivity index (χ3n) is 3.89. The van der Waals surface area contributed by atoms with Crippen molar-refractivity contribution in [3.8, 4) is 0 Å². The normalized spacial score (nSPS) is 15.3. The first kappa shape index (κ1) is 13.7. The Kier molecular flexibility index (Phi) is 3.90. The minimum absolute atomic E-state index is 0.0856. The molecular weight excluding hydrogens is 264 g/mol. The van der Waals surface area contributed by atoms with Crippen molar-refractivity contribution in [3.05, 3.63) is 48.3 Å². The van der Waals surface area contributed by atoms with Crippen LogP contribution in [0.4, 0.5) is 5.69 Å². The number of aromatic nitrogens is 2. The van der Waals surface area contributed by atoms with Gasteiger partial charge in [0.1, 0.15) is 0 Å². The second kappa shape index (κ2) is 5.99. The van der Waals surface area contributed by atoms with Crippen molar-refractivity contribution >= 4 is 11.6 Å².